The number of carbonyl (C=O) groups excluding carboxylic acids is 1. The minimum Gasteiger partial charge on any atom is -0.465 e. The van der Waals surface area contributed by atoms with Crippen LogP contribution in [0.2, 0.25) is 0 Å². The van der Waals surface area contributed by atoms with Crippen molar-refractivity contribution in [1.29, 1.82) is 0 Å². The fourth-order valence-electron chi connectivity index (χ4n) is 2.11. The van der Waals surface area contributed by atoms with Gasteiger partial charge in [-0.1, -0.05) is 5.16 Å². The number of esters is 1. The van der Waals surface area contributed by atoms with Gasteiger partial charge in [0.25, 0.3) is 0 Å². The van der Waals surface area contributed by atoms with Crippen molar-refractivity contribution in [3.05, 3.63) is 35.6 Å². The number of halogens is 1. The van der Waals surface area contributed by atoms with Crippen LogP contribution in [0.25, 0.3) is 11.3 Å². The number of anilines is 1. The molecule has 5 nitrogen and oxygen atoms in total. The van der Waals surface area contributed by atoms with Crippen molar-refractivity contribution in [2.45, 2.75) is 6.42 Å². The van der Waals surface area contributed by atoms with Gasteiger partial charge in [-0.05, 0) is 30.7 Å². The van der Waals surface area contributed by atoms with Crippen LogP contribution in [0.5, 0.6) is 0 Å². The molecule has 104 valence electrons. The topological polar surface area (TPSA) is 55.6 Å². The fourth-order valence-corrected chi connectivity index (χ4v) is 2.11. The van der Waals surface area contributed by atoms with Gasteiger partial charge >= 0.3 is 5.97 Å². The third kappa shape index (κ3) is 2.03. The normalized spacial score (nSPS) is 14.0. The smallest absolute Gasteiger partial charge is 0.345 e. The van der Waals surface area contributed by atoms with Gasteiger partial charge in [-0.15, -0.1) is 0 Å². The maximum atomic E-state index is 13.0. The average molecular weight is 276 g/mol. The molecular weight excluding hydrogens is 263 g/mol. The van der Waals surface area contributed by atoms with Crippen molar-refractivity contribution < 1.29 is 18.4 Å². The molecule has 0 spiro atoms. The van der Waals surface area contributed by atoms with Gasteiger partial charge in [0.15, 0.2) is 5.56 Å². The Morgan fingerprint density at radius 2 is 2.05 bits per heavy atom. The van der Waals surface area contributed by atoms with Crippen molar-refractivity contribution in [2.24, 2.45) is 0 Å². The van der Waals surface area contributed by atoms with E-state index in [4.69, 9.17) is 9.26 Å². The highest BCUT2D eigenvalue weighted by Crippen LogP contribution is 2.33. The van der Waals surface area contributed by atoms with Crippen LogP contribution in [0.4, 0.5) is 10.3 Å². The van der Waals surface area contributed by atoms with Gasteiger partial charge in [0, 0.05) is 18.7 Å². The second-order valence-electron chi connectivity index (χ2n) is 4.55. The first kappa shape index (κ1) is 12.7. The SMILES string of the molecule is COC(=O)c1c(-c2ccc(F)cc2)noc1N1CCC1. The first-order chi connectivity index (χ1) is 9.70. The predicted molar refractivity (Wildman–Crippen MR) is 70.1 cm³/mol. The summed E-state index contributed by atoms with van der Waals surface area (Å²) in [5.41, 5.74) is 1.28. The molecule has 0 aliphatic carbocycles. The molecule has 1 aromatic carbocycles. The van der Waals surface area contributed by atoms with E-state index in [9.17, 15) is 9.18 Å². The quantitative estimate of drug-likeness (QED) is 0.806. The minimum atomic E-state index is -0.507. The second-order valence-corrected chi connectivity index (χ2v) is 4.55. The Labute approximate surface area is 114 Å². The van der Waals surface area contributed by atoms with Gasteiger partial charge in [0.05, 0.1) is 7.11 Å². The molecule has 3 rings (SSSR count). The first-order valence-electron chi connectivity index (χ1n) is 6.29. The van der Waals surface area contributed by atoms with Crippen LogP contribution in [-0.4, -0.2) is 31.3 Å². The van der Waals surface area contributed by atoms with Gasteiger partial charge in [0.1, 0.15) is 11.5 Å². The molecule has 0 unspecified atom stereocenters. The Morgan fingerprint density at radius 3 is 2.60 bits per heavy atom. The molecule has 2 aromatic rings. The Balaban J connectivity index is 2.08. The molecular formula is C14H13FN2O3. The lowest BCUT2D eigenvalue weighted by Crippen LogP contribution is -2.37. The van der Waals surface area contributed by atoms with Crippen LogP contribution in [0, 0.1) is 5.82 Å². The maximum Gasteiger partial charge on any atom is 0.345 e. The number of ether oxygens (including phenoxy) is 1. The van der Waals surface area contributed by atoms with Crippen molar-refractivity contribution in [2.75, 3.05) is 25.1 Å². The van der Waals surface area contributed by atoms with Crippen LogP contribution < -0.4 is 4.90 Å². The van der Waals surface area contributed by atoms with E-state index in [0.29, 0.717) is 22.7 Å². The van der Waals surface area contributed by atoms with Gasteiger partial charge < -0.3 is 14.2 Å². The van der Waals surface area contributed by atoms with Gasteiger partial charge in [-0.25, -0.2) is 9.18 Å². The van der Waals surface area contributed by atoms with Crippen LogP contribution >= 0.6 is 0 Å². The molecule has 0 atom stereocenters. The molecule has 0 saturated carbocycles. The van der Waals surface area contributed by atoms with Crippen molar-refractivity contribution >= 4 is 11.9 Å². The van der Waals surface area contributed by atoms with Crippen molar-refractivity contribution in [3.8, 4) is 11.3 Å². The maximum absolute atomic E-state index is 13.0. The zero-order chi connectivity index (χ0) is 14.1. The predicted octanol–water partition coefficient (Wildman–Crippen LogP) is 2.48. The summed E-state index contributed by atoms with van der Waals surface area (Å²) in [5, 5.41) is 3.95. The monoisotopic (exact) mass is 276 g/mol. The van der Waals surface area contributed by atoms with Crippen LogP contribution in [0.15, 0.2) is 28.8 Å². The van der Waals surface area contributed by atoms with E-state index < -0.39 is 5.97 Å². The molecule has 1 aliphatic rings. The minimum absolute atomic E-state index is 0.291. The Kier molecular flexibility index (Phi) is 3.14. The molecule has 6 heteroatoms. The van der Waals surface area contributed by atoms with Crippen molar-refractivity contribution in [1.82, 2.24) is 5.16 Å². The summed E-state index contributed by atoms with van der Waals surface area (Å²) >= 11 is 0. The average Bonchev–Trinajstić information content (AvgIpc) is 2.81. The number of aromatic nitrogens is 1. The molecule has 1 fully saturated rings. The molecule has 0 radical (unpaired) electrons. The Hall–Kier alpha value is -2.37. The highest BCUT2D eigenvalue weighted by Gasteiger charge is 2.30. The molecule has 0 N–H and O–H groups in total. The molecule has 1 aromatic heterocycles. The van der Waals surface area contributed by atoms with Crippen LogP contribution in [0.1, 0.15) is 16.8 Å². The standard InChI is InChI=1S/C14H13FN2O3/c1-19-14(18)11-12(9-3-5-10(15)6-4-9)16-20-13(11)17-7-2-8-17/h3-6H,2,7-8H2,1H3. The van der Waals surface area contributed by atoms with E-state index in [-0.39, 0.29) is 5.82 Å². The summed E-state index contributed by atoms with van der Waals surface area (Å²) < 4.78 is 23.1. The van der Waals surface area contributed by atoms with E-state index in [0.717, 1.165) is 19.5 Å². The van der Waals surface area contributed by atoms with E-state index in [1.165, 1.54) is 19.2 Å². The molecule has 20 heavy (non-hydrogen) atoms. The highest BCUT2D eigenvalue weighted by atomic mass is 19.1. The molecule has 1 aliphatic heterocycles. The lowest BCUT2D eigenvalue weighted by molar-refractivity contribution is 0.0601. The molecule has 0 bridgehead atoms. The molecule has 0 amide bonds. The Morgan fingerprint density at radius 1 is 1.35 bits per heavy atom. The zero-order valence-electron chi connectivity index (χ0n) is 10.9. The molecule has 2 heterocycles. The first-order valence-corrected chi connectivity index (χ1v) is 6.29. The Bertz CT molecular complexity index is 632. The van der Waals surface area contributed by atoms with Gasteiger partial charge in [-0.3, -0.25) is 0 Å². The summed E-state index contributed by atoms with van der Waals surface area (Å²) in [6.45, 7) is 1.64. The second kappa shape index (κ2) is 4.96. The largest absolute Gasteiger partial charge is 0.465 e. The van der Waals surface area contributed by atoms with E-state index >= 15 is 0 Å². The number of nitrogens with zero attached hydrogens (tertiary/aromatic N) is 2. The van der Waals surface area contributed by atoms with E-state index in [1.807, 2.05) is 4.90 Å². The highest BCUT2D eigenvalue weighted by molar-refractivity contribution is 6.00. The lowest BCUT2D eigenvalue weighted by atomic mass is 10.1. The third-order valence-corrected chi connectivity index (χ3v) is 3.32. The van der Waals surface area contributed by atoms with Crippen LogP contribution in [-0.2, 0) is 4.74 Å². The fraction of sp³-hybridized carbons (Fsp3) is 0.286. The van der Waals surface area contributed by atoms with Crippen LogP contribution in [0.3, 0.4) is 0 Å². The van der Waals surface area contributed by atoms with E-state index in [2.05, 4.69) is 5.16 Å². The third-order valence-electron chi connectivity index (χ3n) is 3.32. The number of hydrogen-bond donors (Lipinski definition) is 0. The lowest BCUT2D eigenvalue weighted by Gasteiger charge is -2.30. The number of benzene rings is 1. The van der Waals surface area contributed by atoms with Gasteiger partial charge in [-0.2, -0.15) is 0 Å². The number of methoxy groups -OCH3 is 1. The number of rotatable bonds is 3. The van der Waals surface area contributed by atoms with Crippen molar-refractivity contribution in [3.63, 3.8) is 0 Å². The van der Waals surface area contributed by atoms with E-state index in [1.54, 1.807) is 12.1 Å². The zero-order valence-corrected chi connectivity index (χ0v) is 10.9. The number of carbonyl (C=O) groups is 1. The number of hydrogen-bond acceptors (Lipinski definition) is 5. The summed E-state index contributed by atoms with van der Waals surface area (Å²) in [6, 6.07) is 5.74. The summed E-state index contributed by atoms with van der Waals surface area (Å²) in [7, 11) is 1.31. The summed E-state index contributed by atoms with van der Waals surface area (Å²) in [6.07, 6.45) is 1.05. The molecule has 1 saturated heterocycles. The summed E-state index contributed by atoms with van der Waals surface area (Å²) in [4.78, 5) is 13.9. The van der Waals surface area contributed by atoms with Gasteiger partial charge in [0.2, 0.25) is 5.88 Å². The summed E-state index contributed by atoms with van der Waals surface area (Å²) in [5.74, 6) is -0.435.